The number of rotatable bonds is 3. The molecule has 0 fully saturated rings. The molecule has 0 aliphatic carbocycles. The molecule has 16 heavy (non-hydrogen) atoms. The highest BCUT2D eigenvalue weighted by molar-refractivity contribution is 9.10. The molecule has 0 aromatic carbocycles. The van der Waals surface area contributed by atoms with Gasteiger partial charge in [0.15, 0.2) is 0 Å². The van der Waals surface area contributed by atoms with Crippen molar-refractivity contribution in [1.29, 1.82) is 0 Å². The van der Waals surface area contributed by atoms with Gasteiger partial charge in [0.1, 0.15) is 6.54 Å². The van der Waals surface area contributed by atoms with E-state index in [9.17, 15) is 9.59 Å². The van der Waals surface area contributed by atoms with Crippen molar-refractivity contribution in [2.75, 3.05) is 19.3 Å². The number of carbonyl (C=O) groups is 1. The molecular formula is C10H14BrN3O2. The number of hydrogen-bond donors (Lipinski definition) is 1. The third kappa shape index (κ3) is 2.85. The first-order valence-electron chi connectivity index (χ1n) is 4.85. The average molecular weight is 288 g/mol. The van der Waals surface area contributed by atoms with Crippen molar-refractivity contribution in [3.05, 3.63) is 27.1 Å². The third-order valence-electron chi connectivity index (χ3n) is 2.27. The summed E-state index contributed by atoms with van der Waals surface area (Å²) in [5, 5.41) is 0. The van der Waals surface area contributed by atoms with Gasteiger partial charge < -0.3 is 15.2 Å². The number of aromatic nitrogens is 1. The van der Waals surface area contributed by atoms with Crippen molar-refractivity contribution in [1.82, 2.24) is 9.47 Å². The summed E-state index contributed by atoms with van der Waals surface area (Å²) in [7, 11) is 1.69. The Morgan fingerprint density at radius 2 is 2.25 bits per heavy atom. The minimum Gasteiger partial charge on any atom is -0.398 e. The van der Waals surface area contributed by atoms with Gasteiger partial charge in [-0.25, -0.2) is 0 Å². The number of nitrogens with two attached hydrogens (primary N) is 1. The minimum absolute atomic E-state index is 0.00676. The van der Waals surface area contributed by atoms with Gasteiger partial charge in [-0.3, -0.25) is 9.59 Å². The van der Waals surface area contributed by atoms with E-state index >= 15 is 0 Å². The molecule has 1 rings (SSSR count). The van der Waals surface area contributed by atoms with Crippen LogP contribution in [0.2, 0.25) is 0 Å². The van der Waals surface area contributed by atoms with E-state index in [-0.39, 0.29) is 18.0 Å². The van der Waals surface area contributed by atoms with Gasteiger partial charge in [0.25, 0.3) is 5.56 Å². The van der Waals surface area contributed by atoms with Crippen LogP contribution in [0.3, 0.4) is 0 Å². The number of nitrogen functional groups attached to an aromatic ring is 1. The Morgan fingerprint density at radius 1 is 1.62 bits per heavy atom. The van der Waals surface area contributed by atoms with E-state index in [1.54, 1.807) is 11.9 Å². The maximum atomic E-state index is 11.7. The summed E-state index contributed by atoms with van der Waals surface area (Å²) in [5.41, 5.74) is 5.78. The van der Waals surface area contributed by atoms with Crippen LogP contribution in [0.1, 0.15) is 6.92 Å². The average Bonchev–Trinajstić information content (AvgIpc) is 2.23. The van der Waals surface area contributed by atoms with E-state index in [4.69, 9.17) is 5.73 Å². The number of carbonyl (C=O) groups excluding carboxylic acids is 1. The lowest BCUT2D eigenvalue weighted by atomic mass is 10.4. The monoisotopic (exact) mass is 287 g/mol. The highest BCUT2D eigenvalue weighted by Crippen LogP contribution is 2.08. The van der Waals surface area contributed by atoms with Gasteiger partial charge in [-0.1, -0.05) is 0 Å². The molecule has 5 nitrogen and oxygen atoms in total. The quantitative estimate of drug-likeness (QED) is 0.889. The van der Waals surface area contributed by atoms with E-state index in [0.29, 0.717) is 16.7 Å². The number of amides is 1. The zero-order chi connectivity index (χ0) is 12.3. The van der Waals surface area contributed by atoms with Gasteiger partial charge in [0.2, 0.25) is 5.91 Å². The van der Waals surface area contributed by atoms with Crippen LogP contribution in [0, 0.1) is 0 Å². The summed E-state index contributed by atoms with van der Waals surface area (Å²) in [6, 6.07) is 1.52. The molecule has 1 amide bonds. The van der Waals surface area contributed by atoms with Crippen molar-refractivity contribution >= 4 is 27.5 Å². The maximum absolute atomic E-state index is 11.7. The molecule has 0 unspecified atom stereocenters. The fraction of sp³-hybridized carbons (Fsp3) is 0.400. The van der Waals surface area contributed by atoms with Crippen molar-refractivity contribution in [3.63, 3.8) is 0 Å². The van der Waals surface area contributed by atoms with Crippen molar-refractivity contribution in [2.24, 2.45) is 0 Å². The molecule has 2 N–H and O–H groups in total. The van der Waals surface area contributed by atoms with Gasteiger partial charge in [0.05, 0.1) is 4.47 Å². The molecule has 1 heterocycles. The van der Waals surface area contributed by atoms with Crippen LogP contribution in [0.15, 0.2) is 21.5 Å². The van der Waals surface area contributed by atoms with Crippen molar-refractivity contribution in [3.8, 4) is 0 Å². The summed E-state index contributed by atoms with van der Waals surface area (Å²) in [6.45, 7) is 2.49. The van der Waals surface area contributed by atoms with Gasteiger partial charge in [-0.15, -0.1) is 0 Å². The number of halogens is 1. The van der Waals surface area contributed by atoms with Crippen LogP contribution in [0.25, 0.3) is 0 Å². The lowest BCUT2D eigenvalue weighted by Crippen LogP contribution is -2.33. The Labute approximate surface area is 102 Å². The normalized spacial score (nSPS) is 10.2. The lowest BCUT2D eigenvalue weighted by Gasteiger charge is -2.15. The van der Waals surface area contributed by atoms with E-state index in [1.807, 2.05) is 6.92 Å². The SMILES string of the molecule is CCN(C)C(=O)Cn1cc(N)cc(Br)c1=O. The van der Waals surface area contributed by atoms with Crippen LogP contribution in [-0.2, 0) is 11.3 Å². The van der Waals surface area contributed by atoms with Crippen LogP contribution >= 0.6 is 15.9 Å². The number of nitrogens with zero attached hydrogens (tertiary/aromatic N) is 2. The third-order valence-corrected chi connectivity index (χ3v) is 2.84. The van der Waals surface area contributed by atoms with E-state index in [1.165, 1.54) is 16.8 Å². The van der Waals surface area contributed by atoms with E-state index < -0.39 is 0 Å². The van der Waals surface area contributed by atoms with Gasteiger partial charge in [0, 0.05) is 25.5 Å². The van der Waals surface area contributed by atoms with Gasteiger partial charge in [-0.05, 0) is 28.9 Å². The van der Waals surface area contributed by atoms with Crippen LogP contribution in [-0.4, -0.2) is 29.0 Å². The van der Waals surface area contributed by atoms with E-state index in [0.717, 1.165) is 0 Å². The molecule has 0 spiro atoms. The smallest absolute Gasteiger partial charge is 0.265 e. The number of hydrogen-bond acceptors (Lipinski definition) is 3. The molecule has 0 aliphatic heterocycles. The summed E-state index contributed by atoms with van der Waals surface area (Å²) in [5.74, 6) is -0.123. The number of anilines is 1. The molecule has 0 radical (unpaired) electrons. The first-order valence-corrected chi connectivity index (χ1v) is 5.64. The fourth-order valence-corrected chi connectivity index (χ4v) is 1.67. The molecule has 1 aromatic rings. The Hall–Kier alpha value is -1.30. The zero-order valence-corrected chi connectivity index (χ0v) is 10.8. The number of pyridine rings is 1. The predicted molar refractivity (Wildman–Crippen MR) is 66.1 cm³/mol. The first-order chi connectivity index (χ1) is 7.45. The zero-order valence-electron chi connectivity index (χ0n) is 9.24. The Morgan fingerprint density at radius 3 is 2.81 bits per heavy atom. The Balaban J connectivity index is 2.98. The Bertz CT molecular complexity index is 456. The molecule has 0 saturated heterocycles. The van der Waals surface area contributed by atoms with E-state index in [2.05, 4.69) is 15.9 Å². The second-order valence-corrected chi connectivity index (χ2v) is 4.32. The van der Waals surface area contributed by atoms with Crippen molar-refractivity contribution < 1.29 is 4.79 Å². The second-order valence-electron chi connectivity index (χ2n) is 3.46. The first kappa shape index (κ1) is 12.8. The number of likely N-dealkylation sites (N-methyl/N-ethyl adjacent to an activating group) is 1. The summed E-state index contributed by atoms with van der Waals surface area (Å²) < 4.78 is 1.66. The molecule has 0 aliphatic rings. The maximum Gasteiger partial charge on any atom is 0.265 e. The topological polar surface area (TPSA) is 68.3 Å². The largest absolute Gasteiger partial charge is 0.398 e. The molecule has 6 heteroatoms. The lowest BCUT2D eigenvalue weighted by molar-refractivity contribution is -0.130. The van der Waals surface area contributed by atoms with Crippen LogP contribution < -0.4 is 11.3 Å². The fourth-order valence-electron chi connectivity index (χ4n) is 1.18. The molecular weight excluding hydrogens is 274 g/mol. The highest BCUT2D eigenvalue weighted by Gasteiger charge is 2.10. The molecule has 1 aromatic heterocycles. The minimum atomic E-state index is -0.257. The highest BCUT2D eigenvalue weighted by atomic mass is 79.9. The molecule has 0 bridgehead atoms. The van der Waals surface area contributed by atoms with Gasteiger partial charge in [-0.2, -0.15) is 0 Å². The molecule has 0 atom stereocenters. The second kappa shape index (κ2) is 5.16. The van der Waals surface area contributed by atoms with Crippen molar-refractivity contribution in [2.45, 2.75) is 13.5 Å². The summed E-state index contributed by atoms with van der Waals surface area (Å²) in [4.78, 5) is 24.8. The van der Waals surface area contributed by atoms with Crippen LogP contribution in [0.5, 0.6) is 0 Å². The van der Waals surface area contributed by atoms with Crippen LogP contribution in [0.4, 0.5) is 5.69 Å². The molecule has 0 saturated carbocycles. The summed E-state index contributed by atoms with van der Waals surface area (Å²) in [6.07, 6.45) is 1.47. The predicted octanol–water partition coefficient (Wildman–Crippen LogP) is 0.671. The summed E-state index contributed by atoms with van der Waals surface area (Å²) >= 11 is 3.10. The Kier molecular flexibility index (Phi) is 4.12. The van der Waals surface area contributed by atoms with Gasteiger partial charge >= 0.3 is 0 Å². The molecule has 88 valence electrons. The standard InChI is InChI=1S/C10H14BrN3O2/c1-3-13(2)9(15)6-14-5-7(12)4-8(11)10(14)16/h4-5H,3,6,12H2,1-2H3.